The molecule has 7 heteroatoms. The van der Waals surface area contributed by atoms with Gasteiger partial charge in [-0.3, -0.25) is 0 Å². The maximum absolute atomic E-state index is 10.7. The number of hydrogen-bond donors (Lipinski definition) is 1. The lowest BCUT2D eigenvalue weighted by atomic mass is 10.1. The van der Waals surface area contributed by atoms with Crippen molar-refractivity contribution < 1.29 is 14.6 Å². The van der Waals surface area contributed by atoms with Gasteiger partial charge in [0.15, 0.2) is 0 Å². The van der Waals surface area contributed by atoms with E-state index in [4.69, 9.17) is 21.4 Å². The highest BCUT2D eigenvalue weighted by Gasteiger charge is 2.11. The molecule has 0 fully saturated rings. The summed E-state index contributed by atoms with van der Waals surface area (Å²) in [6.07, 6.45) is 1.81. The van der Waals surface area contributed by atoms with Crippen LogP contribution in [-0.2, 0) is 17.8 Å². The van der Waals surface area contributed by atoms with Crippen LogP contribution >= 0.6 is 23.1 Å². The Bertz CT molecular complexity index is 950. The molecule has 0 radical (unpaired) electrons. The quantitative estimate of drug-likeness (QED) is 0.564. The number of ether oxygens (including phenoxy) is 1. The molecule has 0 saturated carbocycles. The molecule has 0 aliphatic heterocycles. The molecule has 0 saturated heterocycles. The smallest absolute Gasteiger partial charge is 0.328 e. The zero-order chi connectivity index (χ0) is 19.2. The Morgan fingerprint density at radius 3 is 2.56 bits per heavy atom. The van der Waals surface area contributed by atoms with Crippen molar-refractivity contribution in [2.45, 2.75) is 20.0 Å². The number of aromatic nitrogens is 2. The van der Waals surface area contributed by atoms with Crippen molar-refractivity contribution in [1.29, 1.82) is 0 Å². The van der Waals surface area contributed by atoms with E-state index in [1.165, 1.54) is 17.6 Å². The van der Waals surface area contributed by atoms with Crippen LogP contribution in [0.2, 0.25) is 5.02 Å². The third-order valence-corrected chi connectivity index (χ3v) is 4.77. The average molecular weight is 401 g/mol. The van der Waals surface area contributed by atoms with Crippen LogP contribution in [0.3, 0.4) is 0 Å². The second-order valence-corrected chi connectivity index (χ2v) is 7.27. The molecule has 27 heavy (non-hydrogen) atoms. The van der Waals surface area contributed by atoms with Gasteiger partial charge in [0.2, 0.25) is 0 Å². The second kappa shape index (κ2) is 8.79. The first-order chi connectivity index (χ1) is 13.0. The fourth-order valence-electron chi connectivity index (χ4n) is 2.57. The van der Waals surface area contributed by atoms with Crippen LogP contribution in [0.4, 0.5) is 0 Å². The van der Waals surface area contributed by atoms with Crippen LogP contribution in [0.25, 0.3) is 11.3 Å². The van der Waals surface area contributed by atoms with Crippen molar-refractivity contribution in [3.05, 3.63) is 75.6 Å². The number of benzene rings is 2. The highest BCUT2D eigenvalue weighted by Crippen LogP contribution is 2.26. The predicted molar refractivity (Wildman–Crippen MR) is 106 cm³/mol. The van der Waals surface area contributed by atoms with Crippen molar-refractivity contribution in [2.75, 3.05) is 0 Å². The minimum Gasteiger partial charge on any atom is -0.488 e. The molecular formula is C20H17ClN2O3S. The zero-order valence-electron chi connectivity index (χ0n) is 14.6. The zero-order valence-corrected chi connectivity index (χ0v) is 16.1. The maximum Gasteiger partial charge on any atom is 0.328 e. The van der Waals surface area contributed by atoms with E-state index in [0.717, 1.165) is 33.0 Å². The molecule has 138 valence electrons. The van der Waals surface area contributed by atoms with Gasteiger partial charge in [0, 0.05) is 16.7 Å². The van der Waals surface area contributed by atoms with Crippen molar-refractivity contribution in [3.8, 4) is 17.0 Å². The normalized spacial score (nSPS) is 11.4. The van der Waals surface area contributed by atoms with E-state index in [-0.39, 0.29) is 0 Å². The van der Waals surface area contributed by atoms with Crippen molar-refractivity contribution in [1.82, 2.24) is 9.59 Å². The maximum atomic E-state index is 10.7. The van der Waals surface area contributed by atoms with Gasteiger partial charge in [-0.2, -0.15) is 0 Å². The summed E-state index contributed by atoms with van der Waals surface area (Å²) < 4.78 is 9.88. The SMILES string of the molecule is C/C(=C\C(=O)O)Cc1ccc(OCc2snnc2-c2ccc(Cl)cc2)cc1. The van der Waals surface area contributed by atoms with E-state index >= 15 is 0 Å². The number of carbonyl (C=O) groups is 1. The Morgan fingerprint density at radius 1 is 1.19 bits per heavy atom. The first-order valence-corrected chi connectivity index (χ1v) is 9.35. The summed E-state index contributed by atoms with van der Waals surface area (Å²) in [5.74, 6) is -0.198. The van der Waals surface area contributed by atoms with Gasteiger partial charge in [0.05, 0.1) is 4.88 Å². The largest absolute Gasteiger partial charge is 0.488 e. The minimum absolute atomic E-state index is 0.368. The van der Waals surface area contributed by atoms with Gasteiger partial charge in [-0.25, -0.2) is 4.79 Å². The summed E-state index contributed by atoms with van der Waals surface area (Å²) in [5, 5.41) is 13.6. The van der Waals surface area contributed by atoms with Crippen LogP contribution in [0.1, 0.15) is 17.4 Å². The van der Waals surface area contributed by atoms with Gasteiger partial charge in [0.25, 0.3) is 0 Å². The number of carboxylic acid groups (broad SMARTS) is 1. The summed E-state index contributed by atoms with van der Waals surface area (Å²) in [6, 6.07) is 15.1. The van der Waals surface area contributed by atoms with E-state index in [1.54, 1.807) is 6.92 Å². The lowest BCUT2D eigenvalue weighted by Crippen LogP contribution is -1.96. The summed E-state index contributed by atoms with van der Waals surface area (Å²) in [6.45, 7) is 2.17. The van der Waals surface area contributed by atoms with Crippen molar-refractivity contribution in [3.63, 3.8) is 0 Å². The lowest BCUT2D eigenvalue weighted by molar-refractivity contribution is -0.131. The van der Waals surface area contributed by atoms with Gasteiger partial charge in [-0.1, -0.05) is 45.9 Å². The van der Waals surface area contributed by atoms with Gasteiger partial charge >= 0.3 is 5.97 Å². The Hall–Kier alpha value is -2.70. The molecule has 2 aromatic carbocycles. The van der Waals surface area contributed by atoms with E-state index in [2.05, 4.69) is 9.59 Å². The molecule has 1 N–H and O–H groups in total. The number of carboxylic acids is 1. The number of allylic oxidation sites excluding steroid dienone is 1. The first kappa shape index (κ1) is 19.1. The van der Waals surface area contributed by atoms with E-state index < -0.39 is 5.97 Å². The standard InChI is InChI=1S/C20H17ClN2O3S/c1-13(11-19(24)25)10-14-2-8-17(9-3-14)26-12-18-20(22-23-27-18)15-4-6-16(21)7-5-15/h2-9,11H,10,12H2,1H3,(H,24,25)/b13-11+. The second-order valence-electron chi connectivity index (χ2n) is 5.99. The average Bonchev–Trinajstić information content (AvgIpc) is 3.09. The number of hydrogen-bond acceptors (Lipinski definition) is 5. The van der Waals surface area contributed by atoms with E-state index in [1.807, 2.05) is 48.5 Å². The molecular weight excluding hydrogens is 384 g/mol. The fourth-order valence-corrected chi connectivity index (χ4v) is 3.27. The summed E-state index contributed by atoms with van der Waals surface area (Å²) in [7, 11) is 0. The predicted octanol–water partition coefficient (Wildman–Crippen LogP) is 5.01. The molecule has 0 unspecified atom stereocenters. The Labute approximate surface area is 166 Å². The summed E-state index contributed by atoms with van der Waals surface area (Å²) in [4.78, 5) is 11.6. The van der Waals surface area contributed by atoms with E-state index in [9.17, 15) is 4.79 Å². The molecule has 0 aliphatic rings. The molecule has 0 amide bonds. The molecule has 1 heterocycles. The molecule has 0 bridgehead atoms. The van der Waals surface area contributed by atoms with Crippen LogP contribution < -0.4 is 4.74 Å². The topological polar surface area (TPSA) is 72.3 Å². The number of halogens is 1. The molecule has 3 aromatic rings. The van der Waals surface area contributed by atoms with Crippen molar-refractivity contribution >= 4 is 29.1 Å². The highest BCUT2D eigenvalue weighted by atomic mass is 35.5. The molecule has 0 spiro atoms. The monoisotopic (exact) mass is 400 g/mol. The fraction of sp³-hybridized carbons (Fsp3) is 0.150. The third-order valence-electron chi connectivity index (χ3n) is 3.82. The summed E-state index contributed by atoms with van der Waals surface area (Å²) in [5.41, 5.74) is 3.56. The molecule has 0 atom stereocenters. The van der Waals surface area contributed by atoms with Gasteiger partial charge in [-0.15, -0.1) is 5.10 Å². The van der Waals surface area contributed by atoms with Crippen LogP contribution in [0.5, 0.6) is 5.75 Å². The molecule has 0 aliphatic carbocycles. The Balaban J connectivity index is 1.64. The van der Waals surface area contributed by atoms with Gasteiger partial charge in [-0.05, 0) is 54.7 Å². The summed E-state index contributed by atoms with van der Waals surface area (Å²) >= 11 is 7.24. The number of aliphatic carboxylic acids is 1. The van der Waals surface area contributed by atoms with Crippen LogP contribution in [-0.4, -0.2) is 20.7 Å². The van der Waals surface area contributed by atoms with E-state index in [0.29, 0.717) is 18.1 Å². The molecule has 1 aromatic heterocycles. The Morgan fingerprint density at radius 2 is 1.89 bits per heavy atom. The highest BCUT2D eigenvalue weighted by molar-refractivity contribution is 7.05. The Kier molecular flexibility index (Phi) is 6.21. The van der Waals surface area contributed by atoms with Gasteiger partial charge < -0.3 is 9.84 Å². The number of rotatable bonds is 7. The molecule has 5 nitrogen and oxygen atoms in total. The third kappa shape index (κ3) is 5.39. The van der Waals surface area contributed by atoms with Crippen LogP contribution in [0, 0.1) is 0 Å². The van der Waals surface area contributed by atoms with Crippen molar-refractivity contribution in [2.24, 2.45) is 0 Å². The molecule has 3 rings (SSSR count). The minimum atomic E-state index is -0.929. The first-order valence-electron chi connectivity index (χ1n) is 8.20. The lowest BCUT2D eigenvalue weighted by Gasteiger charge is -2.07. The van der Waals surface area contributed by atoms with Crippen LogP contribution in [0.15, 0.2) is 60.2 Å². The number of nitrogens with zero attached hydrogens (tertiary/aromatic N) is 2. The van der Waals surface area contributed by atoms with Gasteiger partial charge in [0.1, 0.15) is 18.1 Å².